The summed E-state index contributed by atoms with van der Waals surface area (Å²) in [6.45, 7) is 7.03. The van der Waals surface area contributed by atoms with Crippen LogP contribution in [0.15, 0.2) is 18.2 Å². The molecule has 0 spiro atoms. The minimum absolute atomic E-state index is 0.0915. The average Bonchev–Trinajstić information content (AvgIpc) is 2.36. The molecule has 1 saturated heterocycles. The summed E-state index contributed by atoms with van der Waals surface area (Å²) in [5, 5.41) is 3.54. The Morgan fingerprint density at radius 3 is 3.00 bits per heavy atom. The zero-order valence-corrected chi connectivity index (χ0v) is 11.4. The summed E-state index contributed by atoms with van der Waals surface area (Å²) < 4.78 is 14.0. The summed E-state index contributed by atoms with van der Waals surface area (Å²) in [6.07, 6.45) is 3.48. The highest BCUT2D eigenvalue weighted by atomic mass is 19.1. The molecule has 1 N–H and O–H groups in total. The molecule has 1 aliphatic rings. The fourth-order valence-corrected chi connectivity index (χ4v) is 2.58. The Bertz CT molecular complexity index is 392. The number of nitrogens with one attached hydrogen (secondary N) is 1. The van der Waals surface area contributed by atoms with E-state index in [1.54, 1.807) is 6.07 Å². The number of benzene rings is 1. The largest absolute Gasteiger partial charge is 0.368 e. The molecule has 1 heterocycles. The summed E-state index contributed by atoms with van der Waals surface area (Å²) in [4.78, 5) is 2.17. The highest BCUT2D eigenvalue weighted by Crippen LogP contribution is 2.24. The van der Waals surface area contributed by atoms with Crippen LogP contribution in [0.5, 0.6) is 0 Å². The normalized spacial score (nSPS) is 20.2. The van der Waals surface area contributed by atoms with Crippen LogP contribution in [0.3, 0.4) is 0 Å². The third-order valence-electron chi connectivity index (χ3n) is 3.55. The summed E-state index contributed by atoms with van der Waals surface area (Å²) in [6, 6.07) is 6.02. The minimum atomic E-state index is -0.0915. The summed E-state index contributed by atoms with van der Waals surface area (Å²) in [5.74, 6) is -0.0915. The first-order chi connectivity index (χ1) is 8.70. The molecule has 1 fully saturated rings. The van der Waals surface area contributed by atoms with Gasteiger partial charge in [-0.3, -0.25) is 0 Å². The van der Waals surface area contributed by atoms with E-state index in [0.717, 1.165) is 43.7 Å². The molecule has 0 amide bonds. The Morgan fingerprint density at radius 2 is 2.28 bits per heavy atom. The van der Waals surface area contributed by atoms with E-state index in [1.165, 1.54) is 6.42 Å². The Balaban J connectivity index is 2.03. The molecule has 0 radical (unpaired) electrons. The molecule has 1 aromatic carbocycles. The van der Waals surface area contributed by atoms with Crippen molar-refractivity contribution in [1.29, 1.82) is 0 Å². The molecule has 1 unspecified atom stereocenters. The molecule has 1 aromatic rings. The Morgan fingerprint density at radius 1 is 1.44 bits per heavy atom. The van der Waals surface area contributed by atoms with Gasteiger partial charge >= 0.3 is 0 Å². The van der Waals surface area contributed by atoms with Gasteiger partial charge < -0.3 is 10.2 Å². The Labute approximate surface area is 109 Å². The topological polar surface area (TPSA) is 15.3 Å². The molecule has 0 bridgehead atoms. The zero-order chi connectivity index (χ0) is 13.0. The molecular formula is C15H23FN2. The van der Waals surface area contributed by atoms with Crippen molar-refractivity contribution in [2.24, 2.45) is 0 Å². The number of anilines is 1. The average molecular weight is 250 g/mol. The monoisotopic (exact) mass is 250 g/mol. The Kier molecular flexibility index (Phi) is 4.59. The van der Waals surface area contributed by atoms with E-state index >= 15 is 0 Å². The van der Waals surface area contributed by atoms with Gasteiger partial charge in [-0.1, -0.05) is 13.0 Å². The van der Waals surface area contributed by atoms with E-state index in [1.807, 2.05) is 19.1 Å². The molecule has 0 saturated carbocycles. The third-order valence-corrected chi connectivity index (χ3v) is 3.55. The van der Waals surface area contributed by atoms with E-state index in [9.17, 15) is 4.39 Å². The van der Waals surface area contributed by atoms with Crippen molar-refractivity contribution in [3.05, 3.63) is 29.6 Å². The van der Waals surface area contributed by atoms with Crippen LogP contribution in [0, 0.1) is 12.7 Å². The predicted molar refractivity (Wildman–Crippen MR) is 74.7 cm³/mol. The van der Waals surface area contributed by atoms with Crippen LogP contribution in [-0.4, -0.2) is 25.7 Å². The van der Waals surface area contributed by atoms with Crippen molar-refractivity contribution >= 4 is 5.69 Å². The van der Waals surface area contributed by atoms with E-state index in [2.05, 4.69) is 17.1 Å². The van der Waals surface area contributed by atoms with Crippen LogP contribution >= 0.6 is 0 Å². The van der Waals surface area contributed by atoms with Crippen LogP contribution in [0.1, 0.15) is 31.7 Å². The quantitative estimate of drug-likeness (QED) is 0.883. The Hall–Kier alpha value is -1.09. The zero-order valence-electron chi connectivity index (χ0n) is 11.4. The lowest BCUT2D eigenvalue weighted by Gasteiger charge is -2.35. The van der Waals surface area contributed by atoms with Crippen molar-refractivity contribution in [2.75, 3.05) is 24.5 Å². The number of nitrogens with zero attached hydrogens (tertiary/aromatic N) is 1. The second kappa shape index (κ2) is 6.19. The number of hydrogen-bond donors (Lipinski definition) is 1. The highest BCUT2D eigenvalue weighted by Gasteiger charge is 2.21. The smallest absolute Gasteiger partial charge is 0.146 e. The van der Waals surface area contributed by atoms with E-state index in [4.69, 9.17) is 0 Å². The summed E-state index contributed by atoms with van der Waals surface area (Å²) in [7, 11) is 0. The van der Waals surface area contributed by atoms with Gasteiger partial charge in [0.25, 0.3) is 0 Å². The van der Waals surface area contributed by atoms with Gasteiger partial charge in [-0.25, -0.2) is 4.39 Å². The molecular weight excluding hydrogens is 227 g/mol. The molecule has 100 valence electrons. The number of halogens is 1. The fourth-order valence-electron chi connectivity index (χ4n) is 2.58. The van der Waals surface area contributed by atoms with E-state index < -0.39 is 0 Å². The van der Waals surface area contributed by atoms with Crippen molar-refractivity contribution in [3.63, 3.8) is 0 Å². The molecule has 1 aliphatic heterocycles. The molecule has 2 nitrogen and oxygen atoms in total. The van der Waals surface area contributed by atoms with Crippen molar-refractivity contribution in [2.45, 2.75) is 39.2 Å². The van der Waals surface area contributed by atoms with Crippen LogP contribution in [-0.2, 0) is 0 Å². The van der Waals surface area contributed by atoms with Crippen molar-refractivity contribution in [1.82, 2.24) is 5.32 Å². The van der Waals surface area contributed by atoms with Crippen LogP contribution < -0.4 is 10.2 Å². The lowest BCUT2D eigenvalue weighted by Crippen LogP contribution is -2.46. The molecule has 18 heavy (non-hydrogen) atoms. The second-order valence-electron chi connectivity index (χ2n) is 5.19. The molecule has 2 rings (SSSR count). The lowest BCUT2D eigenvalue weighted by molar-refractivity contribution is 0.420. The SMILES string of the molecule is CCCNC1CCCN(c2ccc(C)cc2F)C1. The van der Waals surface area contributed by atoms with E-state index in [-0.39, 0.29) is 5.82 Å². The lowest BCUT2D eigenvalue weighted by atomic mass is 10.0. The first-order valence-electron chi connectivity index (χ1n) is 6.95. The third kappa shape index (κ3) is 3.22. The maximum absolute atomic E-state index is 14.0. The molecule has 1 atom stereocenters. The van der Waals surface area contributed by atoms with Gasteiger partial charge in [0.15, 0.2) is 0 Å². The van der Waals surface area contributed by atoms with E-state index in [0.29, 0.717) is 6.04 Å². The van der Waals surface area contributed by atoms with Gasteiger partial charge in [0.2, 0.25) is 0 Å². The number of rotatable bonds is 4. The summed E-state index contributed by atoms with van der Waals surface area (Å²) >= 11 is 0. The predicted octanol–water partition coefficient (Wildman–Crippen LogP) is 3.10. The van der Waals surface area contributed by atoms with Crippen LogP contribution in [0.25, 0.3) is 0 Å². The van der Waals surface area contributed by atoms with Crippen molar-refractivity contribution < 1.29 is 4.39 Å². The number of piperidine rings is 1. The van der Waals surface area contributed by atoms with Gasteiger partial charge in [-0.2, -0.15) is 0 Å². The van der Waals surface area contributed by atoms with Gasteiger partial charge in [-0.15, -0.1) is 0 Å². The van der Waals surface area contributed by atoms with Gasteiger partial charge in [-0.05, 0) is 50.4 Å². The van der Waals surface area contributed by atoms with Gasteiger partial charge in [0, 0.05) is 19.1 Å². The maximum atomic E-state index is 14.0. The minimum Gasteiger partial charge on any atom is -0.368 e. The highest BCUT2D eigenvalue weighted by molar-refractivity contribution is 5.49. The second-order valence-corrected chi connectivity index (χ2v) is 5.19. The van der Waals surface area contributed by atoms with Crippen molar-refractivity contribution in [3.8, 4) is 0 Å². The van der Waals surface area contributed by atoms with Crippen LogP contribution in [0.4, 0.5) is 10.1 Å². The fraction of sp³-hybridized carbons (Fsp3) is 0.600. The first-order valence-corrected chi connectivity index (χ1v) is 6.95. The van der Waals surface area contributed by atoms with Gasteiger partial charge in [0.1, 0.15) is 5.82 Å². The number of aryl methyl sites for hydroxylation is 1. The standard InChI is InChI=1S/C15H23FN2/c1-3-8-17-13-5-4-9-18(11-13)15-7-6-12(2)10-14(15)16/h6-7,10,13,17H,3-5,8-9,11H2,1-2H3. The molecule has 3 heteroatoms. The van der Waals surface area contributed by atoms with Gasteiger partial charge in [0.05, 0.1) is 5.69 Å². The molecule has 0 aromatic heterocycles. The first kappa shape index (κ1) is 13.3. The maximum Gasteiger partial charge on any atom is 0.146 e. The molecule has 0 aliphatic carbocycles. The summed E-state index contributed by atoms with van der Waals surface area (Å²) in [5.41, 5.74) is 1.73. The number of hydrogen-bond acceptors (Lipinski definition) is 2. The van der Waals surface area contributed by atoms with Crippen LogP contribution in [0.2, 0.25) is 0 Å².